The summed E-state index contributed by atoms with van der Waals surface area (Å²) in [5.74, 6) is -0.203. The van der Waals surface area contributed by atoms with Crippen LogP contribution in [0.1, 0.15) is 27.2 Å². The molecule has 2 aromatic rings. The molecule has 1 aromatic heterocycles. The van der Waals surface area contributed by atoms with Crippen LogP contribution in [-0.2, 0) is 5.75 Å². The molecule has 4 heteroatoms. The summed E-state index contributed by atoms with van der Waals surface area (Å²) in [5.41, 5.74) is 3.59. The SMILES string of the molecule is Cc1ccc(C)c(SCc2ccc(C(=O)O)cn2)c1. The maximum atomic E-state index is 10.7. The van der Waals surface area contributed by atoms with Gasteiger partial charge in [0, 0.05) is 16.8 Å². The number of carboxylic acid groups (broad SMARTS) is 1. The average Bonchev–Trinajstić information content (AvgIpc) is 2.40. The van der Waals surface area contributed by atoms with E-state index in [2.05, 4.69) is 37.0 Å². The Labute approximate surface area is 116 Å². The minimum absolute atomic E-state index is 0.223. The molecule has 0 aliphatic carbocycles. The number of aromatic carboxylic acids is 1. The highest BCUT2D eigenvalue weighted by atomic mass is 32.2. The van der Waals surface area contributed by atoms with Gasteiger partial charge in [0.25, 0.3) is 0 Å². The lowest BCUT2D eigenvalue weighted by Crippen LogP contribution is -1.98. The van der Waals surface area contributed by atoms with Crippen molar-refractivity contribution in [3.63, 3.8) is 0 Å². The Morgan fingerprint density at radius 2 is 2.05 bits per heavy atom. The molecule has 0 aliphatic rings. The molecule has 1 N–H and O–H groups in total. The molecule has 1 aromatic carbocycles. The largest absolute Gasteiger partial charge is 0.478 e. The number of carboxylic acids is 1. The Morgan fingerprint density at radius 1 is 1.26 bits per heavy atom. The van der Waals surface area contributed by atoms with Crippen LogP contribution in [0, 0.1) is 13.8 Å². The monoisotopic (exact) mass is 273 g/mol. The van der Waals surface area contributed by atoms with Gasteiger partial charge in [0.05, 0.1) is 11.3 Å². The Hall–Kier alpha value is -1.81. The third-order valence-corrected chi connectivity index (χ3v) is 3.98. The number of hydrogen-bond donors (Lipinski definition) is 1. The molecule has 0 spiro atoms. The summed E-state index contributed by atoms with van der Waals surface area (Å²) < 4.78 is 0. The topological polar surface area (TPSA) is 50.2 Å². The van der Waals surface area contributed by atoms with Gasteiger partial charge in [-0.2, -0.15) is 0 Å². The average molecular weight is 273 g/mol. The van der Waals surface area contributed by atoms with Crippen molar-refractivity contribution in [1.29, 1.82) is 0 Å². The molecule has 0 unspecified atom stereocenters. The van der Waals surface area contributed by atoms with Crippen LogP contribution in [0.15, 0.2) is 41.4 Å². The third-order valence-electron chi connectivity index (χ3n) is 2.79. The minimum Gasteiger partial charge on any atom is -0.478 e. The fourth-order valence-electron chi connectivity index (χ4n) is 1.65. The standard InChI is InChI=1S/C15H15NO2S/c1-10-3-4-11(2)14(7-10)19-9-13-6-5-12(8-16-13)15(17)18/h3-8H,9H2,1-2H3,(H,17,18). The fourth-order valence-corrected chi connectivity index (χ4v) is 2.69. The Balaban J connectivity index is 2.06. The zero-order valence-electron chi connectivity index (χ0n) is 10.9. The van der Waals surface area contributed by atoms with Gasteiger partial charge in [-0.25, -0.2) is 4.79 Å². The van der Waals surface area contributed by atoms with Gasteiger partial charge >= 0.3 is 5.97 Å². The number of rotatable bonds is 4. The predicted octanol–water partition coefficient (Wildman–Crippen LogP) is 3.69. The van der Waals surface area contributed by atoms with E-state index in [1.165, 1.54) is 22.2 Å². The van der Waals surface area contributed by atoms with Crippen molar-refractivity contribution >= 4 is 17.7 Å². The normalized spacial score (nSPS) is 10.4. The first kappa shape index (κ1) is 13.6. The van der Waals surface area contributed by atoms with Gasteiger partial charge in [-0.1, -0.05) is 17.7 Å². The molecule has 0 saturated heterocycles. The molecule has 1 heterocycles. The van der Waals surface area contributed by atoms with E-state index in [4.69, 9.17) is 5.11 Å². The lowest BCUT2D eigenvalue weighted by molar-refractivity contribution is 0.0696. The summed E-state index contributed by atoms with van der Waals surface area (Å²) in [7, 11) is 0. The lowest BCUT2D eigenvalue weighted by atomic mass is 10.2. The van der Waals surface area contributed by atoms with Gasteiger partial charge in [0.15, 0.2) is 0 Å². The van der Waals surface area contributed by atoms with Crippen LogP contribution in [-0.4, -0.2) is 16.1 Å². The summed E-state index contributed by atoms with van der Waals surface area (Å²) in [6.07, 6.45) is 1.40. The van der Waals surface area contributed by atoms with Crippen molar-refractivity contribution in [2.24, 2.45) is 0 Å². The zero-order valence-corrected chi connectivity index (χ0v) is 11.7. The van der Waals surface area contributed by atoms with E-state index in [1.54, 1.807) is 23.9 Å². The second kappa shape index (κ2) is 5.89. The summed E-state index contributed by atoms with van der Waals surface area (Å²) in [5, 5.41) is 8.81. The van der Waals surface area contributed by atoms with Gasteiger partial charge in [0.2, 0.25) is 0 Å². The highest BCUT2D eigenvalue weighted by Crippen LogP contribution is 2.26. The number of hydrogen-bond acceptors (Lipinski definition) is 3. The number of nitrogens with zero attached hydrogens (tertiary/aromatic N) is 1. The molecule has 19 heavy (non-hydrogen) atoms. The number of thioether (sulfide) groups is 1. The van der Waals surface area contributed by atoms with Crippen molar-refractivity contribution < 1.29 is 9.90 Å². The Morgan fingerprint density at radius 3 is 2.68 bits per heavy atom. The quantitative estimate of drug-likeness (QED) is 0.863. The number of aromatic nitrogens is 1. The molecule has 0 amide bonds. The van der Waals surface area contributed by atoms with Crippen LogP contribution in [0.2, 0.25) is 0 Å². The zero-order chi connectivity index (χ0) is 13.8. The highest BCUT2D eigenvalue weighted by Gasteiger charge is 2.04. The predicted molar refractivity (Wildman–Crippen MR) is 76.7 cm³/mol. The molecule has 98 valence electrons. The van der Waals surface area contributed by atoms with Crippen molar-refractivity contribution in [3.05, 3.63) is 58.9 Å². The van der Waals surface area contributed by atoms with Crippen molar-refractivity contribution in [3.8, 4) is 0 Å². The Bertz CT molecular complexity index is 594. The number of carbonyl (C=O) groups is 1. The Kier molecular flexibility index (Phi) is 4.22. The summed E-state index contributed by atoms with van der Waals surface area (Å²) in [4.78, 5) is 16.1. The van der Waals surface area contributed by atoms with Gasteiger partial charge in [-0.15, -0.1) is 11.8 Å². The van der Waals surface area contributed by atoms with Crippen molar-refractivity contribution in [2.45, 2.75) is 24.5 Å². The molecule has 3 nitrogen and oxygen atoms in total. The van der Waals surface area contributed by atoms with Crippen LogP contribution < -0.4 is 0 Å². The molecule has 0 saturated carbocycles. The van der Waals surface area contributed by atoms with Crippen LogP contribution in [0.5, 0.6) is 0 Å². The van der Waals surface area contributed by atoms with E-state index < -0.39 is 5.97 Å². The first-order valence-corrected chi connectivity index (χ1v) is 6.93. The van der Waals surface area contributed by atoms with Crippen LogP contribution in [0.4, 0.5) is 0 Å². The summed E-state index contributed by atoms with van der Waals surface area (Å²) in [6.45, 7) is 4.16. The highest BCUT2D eigenvalue weighted by molar-refractivity contribution is 7.98. The van der Waals surface area contributed by atoms with Crippen molar-refractivity contribution in [1.82, 2.24) is 4.98 Å². The number of aryl methyl sites for hydroxylation is 2. The van der Waals surface area contributed by atoms with E-state index in [0.29, 0.717) is 0 Å². The van der Waals surface area contributed by atoms with E-state index >= 15 is 0 Å². The second-order valence-corrected chi connectivity index (χ2v) is 5.42. The van der Waals surface area contributed by atoms with Gasteiger partial charge in [-0.3, -0.25) is 4.98 Å². The molecule has 0 fully saturated rings. The van der Waals surface area contributed by atoms with Crippen LogP contribution >= 0.6 is 11.8 Å². The van der Waals surface area contributed by atoms with E-state index in [9.17, 15) is 4.79 Å². The maximum Gasteiger partial charge on any atom is 0.337 e. The molecular formula is C15H15NO2S. The third kappa shape index (κ3) is 3.58. The number of pyridine rings is 1. The molecule has 2 rings (SSSR count). The summed E-state index contributed by atoms with van der Waals surface area (Å²) >= 11 is 1.72. The minimum atomic E-state index is -0.943. The van der Waals surface area contributed by atoms with Gasteiger partial charge < -0.3 is 5.11 Å². The number of benzene rings is 1. The summed E-state index contributed by atoms with van der Waals surface area (Å²) in [6, 6.07) is 9.72. The second-order valence-electron chi connectivity index (χ2n) is 4.40. The van der Waals surface area contributed by atoms with E-state index in [1.807, 2.05) is 0 Å². The molecule has 0 radical (unpaired) electrons. The first-order valence-electron chi connectivity index (χ1n) is 5.94. The van der Waals surface area contributed by atoms with E-state index in [-0.39, 0.29) is 5.56 Å². The fraction of sp³-hybridized carbons (Fsp3) is 0.200. The van der Waals surface area contributed by atoms with Gasteiger partial charge in [-0.05, 0) is 37.6 Å². The van der Waals surface area contributed by atoms with Gasteiger partial charge in [0.1, 0.15) is 0 Å². The molecule has 0 atom stereocenters. The van der Waals surface area contributed by atoms with Crippen molar-refractivity contribution in [2.75, 3.05) is 0 Å². The molecule has 0 bridgehead atoms. The lowest BCUT2D eigenvalue weighted by Gasteiger charge is -2.06. The first-order chi connectivity index (χ1) is 9.06. The van der Waals surface area contributed by atoms with Crippen LogP contribution in [0.3, 0.4) is 0 Å². The van der Waals surface area contributed by atoms with Crippen LogP contribution in [0.25, 0.3) is 0 Å². The van der Waals surface area contributed by atoms with E-state index in [0.717, 1.165) is 11.4 Å². The maximum absolute atomic E-state index is 10.7. The molecule has 0 aliphatic heterocycles. The molecular weight excluding hydrogens is 258 g/mol. The smallest absolute Gasteiger partial charge is 0.337 e.